The number of hydrogen-bond donors (Lipinski definition) is 2. The maximum absolute atomic E-state index is 12.4. The van der Waals surface area contributed by atoms with Crippen molar-refractivity contribution in [2.75, 3.05) is 10.5 Å². The van der Waals surface area contributed by atoms with Crippen molar-refractivity contribution in [3.63, 3.8) is 0 Å². The summed E-state index contributed by atoms with van der Waals surface area (Å²) in [6, 6.07) is 22.9. The minimum Gasteiger partial charge on any atom is -0.398 e. The molecule has 0 atom stereocenters. The van der Waals surface area contributed by atoms with Crippen molar-refractivity contribution in [2.45, 2.75) is 4.90 Å². The number of rotatable bonds is 4. The van der Waals surface area contributed by atoms with E-state index >= 15 is 0 Å². The lowest BCUT2D eigenvalue weighted by Gasteiger charge is -2.09. The first-order valence-corrected chi connectivity index (χ1v) is 8.57. The van der Waals surface area contributed by atoms with Crippen molar-refractivity contribution < 1.29 is 8.42 Å². The molecular weight excluding hydrogens is 308 g/mol. The number of sulfonamides is 1. The number of hydrogen-bond acceptors (Lipinski definition) is 3. The van der Waals surface area contributed by atoms with Gasteiger partial charge >= 0.3 is 0 Å². The van der Waals surface area contributed by atoms with Crippen LogP contribution in [-0.4, -0.2) is 8.42 Å². The van der Waals surface area contributed by atoms with Crippen LogP contribution in [0.2, 0.25) is 0 Å². The summed E-state index contributed by atoms with van der Waals surface area (Å²) in [6.07, 6.45) is 0. The van der Waals surface area contributed by atoms with Gasteiger partial charge in [0.15, 0.2) is 0 Å². The Morgan fingerprint density at radius 1 is 0.739 bits per heavy atom. The van der Waals surface area contributed by atoms with Gasteiger partial charge in [-0.15, -0.1) is 0 Å². The van der Waals surface area contributed by atoms with Crippen LogP contribution in [0.3, 0.4) is 0 Å². The molecular formula is C18H16N2O2S. The minimum atomic E-state index is -3.60. The van der Waals surface area contributed by atoms with Crippen LogP contribution in [0.15, 0.2) is 83.8 Å². The van der Waals surface area contributed by atoms with Crippen LogP contribution in [0.4, 0.5) is 11.4 Å². The Morgan fingerprint density at radius 2 is 1.35 bits per heavy atom. The third kappa shape index (κ3) is 3.35. The molecule has 3 aromatic carbocycles. The molecule has 0 aliphatic carbocycles. The third-order valence-electron chi connectivity index (χ3n) is 3.46. The maximum Gasteiger partial charge on any atom is 0.261 e. The smallest absolute Gasteiger partial charge is 0.261 e. The van der Waals surface area contributed by atoms with Gasteiger partial charge in [0, 0.05) is 16.9 Å². The highest BCUT2D eigenvalue weighted by atomic mass is 32.2. The number of nitrogens with two attached hydrogens (primary N) is 1. The molecule has 0 aliphatic heterocycles. The van der Waals surface area contributed by atoms with E-state index in [1.165, 1.54) is 0 Å². The van der Waals surface area contributed by atoms with Crippen LogP contribution in [0.25, 0.3) is 11.1 Å². The molecule has 0 saturated heterocycles. The number of nitrogens with one attached hydrogen (secondary N) is 1. The van der Waals surface area contributed by atoms with Crippen molar-refractivity contribution in [3.05, 3.63) is 78.9 Å². The molecule has 23 heavy (non-hydrogen) atoms. The van der Waals surface area contributed by atoms with Gasteiger partial charge in [-0.25, -0.2) is 8.42 Å². The summed E-state index contributed by atoms with van der Waals surface area (Å²) < 4.78 is 27.3. The molecule has 0 aliphatic rings. The molecule has 0 bridgehead atoms. The number of nitrogen functional groups attached to an aromatic ring is 1. The summed E-state index contributed by atoms with van der Waals surface area (Å²) in [7, 11) is -3.60. The maximum atomic E-state index is 12.4. The first kappa shape index (κ1) is 15.1. The zero-order valence-corrected chi connectivity index (χ0v) is 13.1. The van der Waals surface area contributed by atoms with Crippen molar-refractivity contribution >= 4 is 21.4 Å². The van der Waals surface area contributed by atoms with Gasteiger partial charge in [-0.3, -0.25) is 4.72 Å². The van der Waals surface area contributed by atoms with Crippen molar-refractivity contribution in [1.29, 1.82) is 0 Å². The van der Waals surface area contributed by atoms with E-state index in [4.69, 9.17) is 5.73 Å². The van der Waals surface area contributed by atoms with Gasteiger partial charge in [-0.1, -0.05) is 48.5 Å². The summed E-state index contributed by atoms with van der Waals surface area (Å²) in [5, 5.41) is 0. The van der Waals surface area contributed by atoms with E-state index in [1.54, 1.807) is 48.5 Å². The molecule has 116 valence electrons. The van der Waals surface area contributed by atoms with Gasteiger partial charge in [0.25, 0.3) is 10.0 Å². The second-order valence-corrected chi connectivity index (χ2v) is 6.77. The standard InChI is InChI=1S/C18H16N2O2S/c19-18-9-5-4-8-17(18)14-10-12-16(13-11-14)23(21,22)20-15-6-2-1-3-7-15/h1-13,20H,19H2. The number of anilines is 2. The van der Waals surface area contributed by atoms with E-state index in [9.17, 15) is 8.42 Å². The van der Waals surface area contributed by atoms with Gasteiger partial charge in [0.2, 0.25) is 0 Å². The van der Waals surface area contributed by atoms with E-state index < -0.39 is 10.0 Å². The van der Waals surface area contributed by atoms with E-state index in [0.29, 0.717) is 11.4 Å². The lowest BCUT2D eigenvalue weighted by atomic mass is 10.0. The van der Waals surface area contributed by atoms with Crippen molar-refractivity contribution in [2.24, 2.45) is 0 Å². The lowest BCUT2D eigenvalue weighted by molar-refractivity contribution is 0.601. The Morgan fingerprint density at radius 3 is 2.00 bits per heavy atom. The predicted octanol–water partition coefficient (Wildman–Crippen LogP) is 3.74. The summed E-state index contributed by atoms with van der Waals surface area (Å²) in [5.74, 6) is 0. The van der Waals surface area contributed by atoms with Crippen molar-refractivity contribution in [3.8, 4) is 11.1 Å². The average molecular weight is 324 g/mol. The third-order valence-corrected chi connectivity index (χ3v) is 4.86. The topological polar surface area (TPSA) is 72.2 Å². The van der Waals surface area contributed by atoms with E-state index in [-0.39, 0.29) is 4.90 Å². The van der Waals surface area contributed by atoms with E-state index in [0.717, 1.165) is 11.1 Å². The first-order chi connectivity index (χ1) is 11.1. The van der Waals surface area contributed by atoms with Crippen LogP contribution in [0.1, 0.15) is 0 Å². The second kappa shape index (κ2) is 6.14. The fourth-order valence-corrected chi connectivity index (χ4v) is 3.35. The average Bonchev–Trinajstić information content (AvgIpc) is 2.56. The lowest BCUT2D eigenvalue weighted by Crippen LogP contribution is -2.12. The molecule has 3 N–H and O–H groups in total. The first-order valence-electron chi connectivity index (χ1n) is 7.09. The van der Waals surface area contributed by atoms with Gasteiger partial charge in [0.1, 0.15) is 0 Å². The summed E-state index contributed by atoms with van der Waals surface area (Å²) in [5.41, 5.74) is 8.90. The summed E-state index contributed by atoms with van der Waals surface area (Å²) >= 11 is 0. The number of benzene rings is 3. The van der Waals surface area contributed by atoms with Crippen molar-refractivity contribution in [1.82, 2.24) is 0 Å². The zero-order valence-electron chi connectivity index (χ0n) is 12.3. The van der Waals surface area contributed by atoms with E-state index in [2.05, 4.69) is 4.72 Å². The molecule has 0 radical (unpaired) electrons. The molecule has 5 heteroatoms. The molecule has 4 nitrogen and oxygen atoms in total. The zero-order chi connectivity index (χ0) is 16.3. The van der Waals surface area contributed by atoms with Crippen LogP contribution < -0.4 is 10.5 Å². The Hall–Kier alpha value is -2.79. The molecule has 0 fully saturated rings. The molecule has 3 rings (SSSR count). The molecule has 0 saturated carbocycles. The Balaban J connectivity index is 1.89. The van der Waals surface area contributed by atoms with Crippen LogP contribution in [0.5, 0.6) is 0 Å². The molecule has 0 aromatic heterocycles. The quantitative estimate of drug-likeness (QED) is 0.718. The summed E-state index contributed by atoms with van der Waals surface area (Å²) in [6.45, 7) is 0. The normalized spacial score (nSPS) is 11.1. The molecule has 0 spiro atoms. The van der Waals surface area contributed by atoms with E-state index in [1.807, 2.05) is 30.3 Å². The van der Waals surface area contributed by atoms with Crippen LogP contribution in [-0.2, 0) is 10.0 Å². The molecule has 3 aromatic rings. The fraction of sp³-hybridized carbons (Fsp3) is 0. The number of para-hydroxylation sites is 2. The highest BCUT2D eigenvalue weighted by Gasteiger charge is 2.14. The van der Waals surface area contributed by atoms with Gasteiger partial charge in [0.05, 0.1) is 4.90 Å². The SMILES string of the molecule is Nc1ccccc1-c1ccc(S(=O)(=O)Nc2ccccc2)cc1. The second-order valence-electron chi connectivity index (χ2n) is 5.08. The molecule has 0 heterocycles. The Kier molecular flexibility index (Phi) is 4.04. The summed E-state index contributed by atoms with van der Waals surface area (Å²) in [4.78, 5) is 0.208. The molecule has 0 amide bonds. The minimum absolute atomic E-state index is 0.208. The molecule has 0 unspecified atom stereocenters. The predicted molar refractivity (Wildman–Crippen MR) is 93.5 cm³/mol. The highest BCUT2D eigenvalue weighted by Crippen LogP contribution is 2.26. The Bertz CT molecular complexity index is 905. The largest absolute Gasteiger partial charge is 0.398 e. The van der Waals surface area contributed by atoms with Crippen LogP contribution in [0, 0.1) is 0 Å². The fourth-order valence-electron chi connectivity index (χ4n) is 2.29. The Labute approximate surface area is 135 Å². The van der Waals surface area contributed by atoms with Gasteiger partial charge in [-0.2, -0.15) is 0 Å². The highest BCUT2D eigenvalue weighted by molar-refractivity contribution is 7.92. The monoisotopic (exact) mass is 324 g/mol. The van der Waals surface area contributed by atoms with Gasteiger partial charge < -0.3 is 5.73 Å². The van der Waals surface area contributed by atoms with Crippen LogP contribution >= 0.6 is 0 Å². The van der Waals surface area contributed by atoms with Gasteiger partial charge in [-0.05, 0) is 35.9 Å².